The third kappa shape index (κ3) is 4.93. The van der Waals surface area contributed by atoms with E-state index in [1.165, 1.54) is 0 Å². The summed E-state index contributed by atoms with van der Waals surface area (Å²) in [6.07, 6.45) is 4.40. The summed E-state index contributed by atoms with van der Waals surface area (Å²) < 4.78 is 21.0. The first kappa shape index (κ1) is 25.2. The van der Waals surface area contributed by atoms with Crippen LogP contribution in [0.5, 0.6) is 5.88 Å². The van der Waals surface area contributed by atoms with E-state index >= 15 is 0 Å². The molecule has 4 heterocycles. The quantitative estimate of drug-likeness (QED) is 0.310. The van der Waals surface area contributed by atoms with Crippen LogP contribution in [0.25, 0.3) is 11.1 Å². The van der Waals surface area contributed by atoms with Crippen molar-refractivity contribution < 1.29 is 9.30 Å². The Labute approximate surface area is 224 Å². The molecule has 0 aliphatic carbocycles. The molecular weight excluding hydrogens is 555 g/mol. The first-order chi connectivity index (χ1) is 17.7. The summed E-state index contributed by atoms with van der Waals surface area (Å²) in [6.45, 7) is 4.31. The van der Waals surface area contributed by atoms with Gasteiger partial charge in [0, 0.05) is 55.4 Å². The largest absolute Gasteiger partial charge is 0.479 e. The fourth-order valence-electron chi connectivity index (χ4n) is 4.40. The van der Waals surface area contributed by atoms with E-state index in [9.17, 15) is 4.57 Å². The van der Waals surface area contributed by atoms with E-state index in [0.717, 1.165) is 46.6 Å². The number of aryl methyl sites for hydroxylation is 1. The Morgan fingerprint density at radius 1 is 1.05 bits per heavy atom. The molecular formula is C25H28BrN8O2P. The van der Waals surface area contributed by atoms with Crippen LogP contribution in [0.2, 0.25) is 0 Å². The average Bonchev–Trinajstić information content (AvgIpc) is 3.17. The van der Waals surface area contributed by atoms with Crippen molar-refractivity contribution in [3.05, 3.63) is 52.9 Å². The van der Waals surface area contributed by atoms with Gasteiger partial charge in [0.25, 0.3) is 0 Å². The molecule has 37 heavy (non-hydrogen) atoms. The lowest BCUT2D eigenvalue weighted by atomic mass is 10.1. The minimum Gasteiger partial charge on any atom is -0.479 e. The van der Waals surface area contributed by atoms with Gasteiger partial charge in [0.15, 0.2) is 0 Å². The molecule has 192 valence electrons. The van der Waals surface area contributed by atoms with Crippen molar-refractivity contribution in [1.29, 1.82) is 0 Å². The Hall–Kier alpha value is -3.43. The van der Waals surface area contributed by atoms with Gasteiger partial charge in [-0.25, -0.2) is 4.98 Å². The van der Waals surface area contributed by atoms with Crippen molar-refractivity contribution in [3.63, 3.8) is 0 Å². The number of fused-ring (bicyclic) bond motifs is 3. The van der Waals surface area contributed by atoms with Crippen LogP contribution in [-0.2, 0) is 18.0 Å². The second-order valence-electron chi connectivity index (χ2n) is 9.22. The standard InChI is InChI=1S/C25H28BrN8O2P/c1-33-11-10-20-16(13-28-34(20)2)15-12-19(24(36-3)32-23(15)33)30-25-27-14-17(26)22(31-25)29-18-8-6-7-9-21(18)37(4,5)35/h6-9,12-14H,10-11H2,1-5H3,(H2,27,29,30,31). The topological polar surface area (TPSA) is 110 Å². The van der Waals surface area contributed by atoms with Gasteiger partial charge in [-0.2, -0.15) is 15.1 Å². The number of para-hydroxylation sites is 1. The van der Waals surface area contributed by atoms with Gasteiger partial charge in [0.1, 0.15) is 24.5 Å². The Morgan fingerprint density at radius 3 is 2.59 bits per heavy atom. The Bertz CT molecular complexity index is 1530. The lowest BCUT2D eigenvalue weighted by Gasteiger charge is -2.20. The van der Waals surface area contributed by atoms with E-state index in [2.05, 4.69) is 46.5 Å². The highest BCUT2D eigenvalue weighted by Crippen LogP contribution is 2.41. The van der Waals surface area contributed by atoms with Gasteiger partial charge in [-0.05, 0) is 47.5 Å². The SMILES string of the molecule is COc1nc2c(cc1Nc1ncc(Br)c(Nc3ccccc3P(C)(C)=O)n1)-c1cnn(C)c1CCN2C. The number of benzene rings is 1. The molecule has 1 aromatic carbocycles. The molecule has 0 bridgehead atoms. The molecule has 2 N–H and O–H groups in total. The first-order valence-corrected chi connectivity index (χ1v) is 15.1. The number of pyridine rings is 1. The molecule has 5 rings (SSSR count). The van der Waals surface area contributed by atoms with Gasteiger partial charge >= 0.3 is 0 Å². The minimum atomic E-state index is -2.50. The second-order valence-corrected chi connectivity index (χ2v) is 13.3. The van der Waals surface area contributed by atoms with Gasteiger partial charge in [-0.15, -0.1) is 0 Å². The summed E-state index contributed by atoms with van der Waals surface area (Å²) in [7, 11) is 3.07. The molecule has 0 radical (unpaired) electrons. The van der Waals surface area contributed by atoms with Gasteiger partial charge in [0.05, 0.1) is 23.5 Å². The van der Waals surface area contributed by atoms with Crippen LogP contribution in [-0.4, -0.2) is 58.8 Å². The fraction of sp³-hybridized carbons (Fsp3) is 0.280. The third-order valence-electron chi connectivity index (χ3n) is 6.29. The number of methoxy groups -OCH3 is 1. The Balaban J connectivity index is 1.53. The molecule has 0 unspecified atom stereocenters. The van der Waals surface area contributed by atoms with E-state index in [0.29, 0.717) is 27.8 Å². The second kappa shape index (κ2) is 9.79. The highest BCUT2D eigenvalue weighted by molar-refractivity contribution is 9.10. The Kier molecular flexibility index (Phi) is 6.68. The van der Waals surface area contributed by atoms with Crippen LogP contribution in [0.4, 0.5) is 29.0 Å². The lowest BCUT2D eigenvalue weighted by molar-refractivity contribution is 0.400. The summed E-state index contributed by atoms with van der Waals surface area (Å²) in [5.74, 6) is 2.15. The van der Waals surface area contributed by atoms with Crippen LogP contribution in [0, 0.1) is 0 Å². The number of aromatic nitrogens is 5. The number of hydrogen-bond donors (Lipinski definition) is 2. The van der Waals surface area contributed by atoms with Gasteiger partial charge in [0.2, 0.25) is 11.8 Å². The highest BCUT2D eigenvalue weighted by atomic mass is 79.9. The predicted molar refractivity (Wildman–Crippen MR) is 152 cm³/mol. The summed E-state index contributed by atoms with van der Waals surface area (Å²) in [5, 5.41) is 11.8. The first-order valence-electron chi connectivity index (χ1n) is 11.7. The molecule has 4 aromatic rings. The summed E-state index contributed by atoms with van der Waals surface area (Å²) >= 11 is 3.53. The summed E-state index contributed by atoms with van der Waals surface area (Å²) in [5.41, 5.74) is 4.51. The van der Waals surface area contributed by atoms with E-state index in [4.69, 9.17) is 9.72 Å². The van der Waals surface area contributed by atoms with E-state index in [1.54, 1.807) is 26.6 Å². The predicted octanol–water partition coefficient (Wildman–Crippen LogP) is 4.77. The molecule has 0 fully saturated rings. The third-order valence-corrected chi connectivity index (χ3v) is 8.42. The Morgan fingerprint density at radius 2 is 1.84 bits per heavy atom. The molecule has 0 saturated heterocycles. The van der Waals surface area contributed by atoms with Crippen LogP contribution in [0.1, 0.15) is 5.69 Å². The fourth-order valence-corrected chi connectivity index (χ4v) is 5.84. The van der Waals surface area contributed by atoms with Crippen molar-refractivity contribution in [2.75, 3.05) is 49.6 Å². The maximum Gasteiger partial charge on any atom is 0.239 e. The van der Waals surface area contributed by atoms with Crippen LogP contribution < -0.4 is 25.6 Å². The molecule has 0 spiro atoms. The maximum absolute atomic E-state index is 12.8. The smallest absolute Gasteiger partial charge is 0.239 e. The van der Waals surface area contributed by atoms with Crippen molar-refractivity contribution in [2.45, 2.75) is 6.42 Å². The molecule has 1 aliphatic heterocycles. The number of nitrogens with one attached hydrogen (secondary N) is 2. The summed E-state index contributed by atoms with van der Waals surface area (Å²) in [6, 6.07) is 9.53. The van der Waals surface area contributed by atoms with Gasteiger partial charge in [-0.3, -0.25) is 4.68 Å². The number of likely N-dealkylation sites (N-methyl/N-ethyl adjacent to an activating group) is 1. The molecule has 0 saturated carbocycles. The van der Waals surface area contributed by atoms with Crippen LogP contribution >= 0.6 is 23.1 Å². The number of nitrogens with zero attached hydrogens (tertiary/aromatic N) is 6. The number of ether oxygens (including phenoxy) is 1. The van der Waals surface area contributed by atoms with Gasteiger partial charge in [-0.1, -0.05) is 12.1 Å². The monoisotopic (exact) mass is 582 g/mol. The molecule has 12 heteroatoms. The van der Waals surface area contributed by atoms with Crippen molar-refractivity contribution in [1.82, 2.24) is 24.7 Å². The zero-order chi connectivity index (χ0) is 26.3. The molecule has 10 nitrogen and oxygen atoms in total. The molecule has 0 amide bonds. The maximum atomic E-state index is 12.8. The number of halogens is 1. The minimum absolute atomic E-state index is 0.354. The van der Waals surface area contributed by atoms with Crippen LogP contribution in [0.3, 0.4) is 0 Å². The molecule has 0 atom stereocenters. The number of anilines is 5. The molecule has 1 aliphatic rings. The van der Waals surface area contributed by atoms with Crippen molar-refractivity contribution >= 4 is 57.3 Å². The average molecular weight is 583 g/mol. The van der Waals surface area contributed by atoms with E-state index in [-0.39, 0.29) is 0 Å². The lowest BCUT2D eigenvalue weighted by Crippen LogP contribution is -2.21. The zero-order valence-electron chi connectivity index (χ0n) is 21.3. The highest BCUT2D eigenvalue weighted by Gasteiger charge is 2.25. The van der Waals surface area contributed by atoms with Crippen molar-refractivity contribution in [2.24, 2.45) is 7.05 Å². The van der Waals surface area contributed by atoms with E-state index in [1.807, 2.05) is 55.3 Å². The summed E-state index contributed by atoms with van der Waals surface area (Å²) in [4.78, 5) is 16.1. The van der Waals surface area contributed by atoms with E-state index < -0.39 is 7.14 Å². The van der Waals surface area contributed by atoms with Gasteiger partial charge < -0.3 is 24.8 Å². The number of hydrogen-bond acceptors (Lipinski definition) is 9. The normalized spacial score (nSPS) is 13.0. The number of rotatable bonds is 6. The van der Waals surface area contributed by atoms with Crippen LogP contribution in [0.15, 0.2) is 47.2 Å². The van der Waals surface area contributed by atoms with Crippen molar-refractivity contribution in [3.8, 4) is 17.0 Å². The molecule has 3 aromatic heterocycles. The zero-order valence-corrected chi connectivity index (χ0v) is 23.8.